The Hall–Kier alpha value is -3.65. The molecule has 0 saturated carbocycles. The van der Waals surface area contributed by atoms with Crippen LogP contribution in [0.25, 0.3) is 11.1 Å². The fourth-order valence-corrected chi connectivity index (χ4v) is 4.09. The lowest BCUT2D eigenvalue weighted by molar-refractivity contribution is 0.0691. The highest BCUT2D eigenvalue weighted by atomic mass is 35.5. The number of amides is 1. The van der Waals surface area contributed by atoms with Crippen LogP contribution in [0.15, 0.2) is 61.1 Å². The number of carbonyl (C=O) groups is 1. The molecule has 5 rings (SSSR count). The van der Waals surface area contributed by atoms with Gasteiger partial charge in [0.05, 0.1) is 11.2 Å². The highest BCUT2D eigenvalue weighted by molar-refractivity contribution is 6.33. The number of nitrogens with one attached hydrogen (secondary N) is 1. The summed E-state index contributed by atoms with van der Waals surface area (Å²) < 4.78 is 17.2. The number of halogens is 2. The standard InChI is InChI=1S/C23H20ClFN6O/c1-29-22(5-6-27-29)28-21-11-18(19(24)12-26-21)16-10-20-23(32)31(8-7-30(20)14-16)13-15-3-2-4-17(25)9-15/h2-6,9-12,14H,7-8,13H2,1H3,(H,26,28). The van der Waals surface area contributed by atoms with Crippen LogP contribution < -0.4 is 5.32 Å². The van der Waals surface area contributed by atoms with Gasteiger partial charge in [-0.2, -0.15) is 5.10 Å². The molecule has 9 heteroatoms. The summed E-state index contributed by atoms with van der Waals surface area (Å²) in [5.41, 5.74) is 2.96. The zero-order valence-corrected chi connectivity index (χ0v) is 18.1. The van der Waals surface area contributed by atoms with E-state index in [9.17, 15) is 9.18 Å². The number of aromatic nitrogens is 4. The van der Waals surface area contributed by atoms with E-state index in [0.29, 0.717) is 36.2 Å². The summed E-state index contributed by atoms with van der Waals surface area (Å²) in [5.74, 6) is 1.02. The molecule has 0 spiro atoms. The van der Waals surface area contributed by atoms with Crippen molar-refractivity contribution in [1.29, 1.82) is 0 Å². The highest BCUT2D eigenvalue weighted by Gasteiger charge is 2.26. The molecule has 4 aromatic rings. The van der Waals surface area contributed by atoms with Crippen molar-refractivity contribution < 1.29 is 9.18 Å². The van der Waals surface area contributed by atoms with Crippen molar-refractivity contribution in [3.8, 4) is 11.1 Å². The first-order valence-electron chi connectivity index (χ1n) is 10.1. The Morgan fingerprint density at radius 3 is 2.84 bits per heavy atom. The SMILES string of the molecule is Cn1nccc1Nc1cc(-c2cc3n(c2)CCN(Cc2cccc(F)c2)C3=O)c(Cl)cn1. The van der Waals surface area contributed by atoms with E-state index >= 15 is 0 Å². The quantitative estimate of drug-likeness (QED) is 0.487. The third kappa shape index (κ3) is 3.85. The molecule has 0 fully saturated rings. The Morgan fingerprint density at radius 2 is 2.06 bits per heavy atom. The van der Waals surface area contributed by atoms with Crippen molar-refractivity contribution in [3.05, 3.63) is 83.2 Å². The maximum Gasteiger partial charge on any atom is 0.270 e. The number of hydrogen-bond acceptors (Lipinski definition) is 4. The van der Waals surface area contributed by atoms with Gasteiger partial charge in [-0.15, -0.1) is 0 Å². The number of pyridine rings is 1. The second-order valence-electron chi connectivity index (χ2n) is 7.68. The zero-order chi connectivity index (χ0) is 22.2. The molecule has 162 valence electrons. The van der Waals surface area contributed by atoms with Crippen molar-refractivity contribution in [2.75, 3.05) is 11.9 Å². The lowest BCUT2D eigenvalue weighted by atomic mass is 10.1. The van der Waals surface area contributed by atoms with E-state index in [2.05, 4.69) is 15.4 Å². The third-order valence-corrected chi connectivity index (χ3v) is 5.82. The van der Waals surface area contributed by atoms with Crippen molar-refractivity contribution in [1.82, 2.24) is 24.2 Å². The second kappa shape index (κ2) is 8.12. The first kappa shape index (κ1) is 20.3. The van der Waals surface area contributed by atoms with Crippen molar-refractivity contribution in [2.45, 2.75) is 13.1 Å². The molecule has 0 aliphatic carbocycles. The maximum absolute atomic E-state index is 13.5. The molecule has 1 amide bonds. The molecule has 7 nitrogen and oxygen atoms in total. The molecule has 0 unspecified atom stereocenters. The van der Waals surface area contributed by atoms with E-state index in [4.69, 9.17) is 11.6 Å². The largest absolute Gasteiger partial charge is 0.341 e. The van der Waals surface area contributed by atoms with Crippen LogP contribution in [0.5, 0.6) is 0 Å². The summed E-state index contributed by atoms with van der Waals surface area (Å²) in [4.78, 5) is 19.2. The summed E-state index contributed by atoms with van der Waals surface area (Å²) >= 11 is 6.45. The van der Waals surface area contributed by atoms with Gasteiger partial charge in [0, 0.05) is 56.3 Å². The molecule has 4 heterocycles. The van der Waals surface area contributed by atoms with Gasteiger partial charge in [0.15, 0.2) is 0 Å². The van der Waals surface area contributed by atoms with Gasteiger partial charge in [-0.25, -0.2) is 9.37 Å². The van der Waals surface area contributed by atoms with E-state index in [1.54, 1.807) is 28.0 Å². The Bertz CT molecular complexity index is 1310. The van der Waals surface area contributed by atoms with Crippen molar-refractivity contribution >= 4 is 29.1 Å². The Morgan fingerprint density at radius 1 is 1.19 bits per heavy atom. The monoisotopic (exact) mass is 450 g/mol. The molecule has 0 saturated heterocycles. The van der Waals surface area contributed by atoms with Gasteiger partial charge in [0.1, 0.15) is 23.1 Å². The molecule has 1 aromatic carbocycles. The summed E-state index contributed by atoms with van der Waals surface area (Å²) in [7, 11) is 1.84. The van der Waals surface area contributed by atoms with Crippen LogP contribution in [-0.2, 0) is 20.1 Å². The van der Waals surface area contributed by atoms with Crippen LogP contribution in [0.3, 0.4) is 0 Å². The molecule has 0 atom stereocenters. The molecular formula is C23H20ClFN6O. The van der Waals surface area contributed by atoms with Crippen LogP contribution >= 0.6 is 11.6 Å². The van der Waals surface area contributed by atoms with Crippen LogP contribution in [0, 0.1) is 5.82 Å². The van der Waals surface area contributed by atoms with Crippen LogP contribution in [0.1, 0.15) is 16.1 Å². The smallest absolute Gasteiger partial charge is 0.270 e. The number of anilines is 2. The molecule has 3 aromatic heterocycles. The lowest BCUT2D eigenvalue weighted by Crippen LogP contribution is -2.39. The molecule has 1 aliphatic heterocycles. The molecule has 32 heavy (non-hydrogen) atoms. The van der Waals surface area contributed by atoms with Gasteiger partial charge in [-0.05, 0) is 29.8 Å². The summed E-state index contributed by atoms with van der Waals surface area (Å²) in [5, 5.41) is 7.85. The Balaban J connectivity index is 1.41. The van der Waals surface area contributed by atoms with Gasteiger partial charge < -0.3 is 14.8 Å². The number of fused-ring (bicyclic) bond motifs is 1. The molecule has 1 N–H and O–H groups in total. The van der Waals surface area contributed by atoms with Crippen molar-refractivity contribution in [2.24, 2.45) is 7.05 Å². The number of aryl methyl sites for hydroxylation is 1. The number of carbonyl (C=O) groups excluding carboxylic acids is 1. The van der Waals surface area contributed by atoms with E-state index < -0.39 is 0 Å². The Labute approximate surface area is 189 Å². The highest BCUT2D eigenvalue weighted by Crippen LogP contribution is 2.33. The van der Waals surface area contributed by atoms with Crippen molar-refractivity contribution in [3.63, 3.8) is 0 Å². The van der Waals surface area contributed by atoms with E-state index in [0.717, 1.165) is 22.5 Å². The summed E-state index contributed by atoms with van der Waals surface area (Å²) in [6.45, 7) is 1.57. The number of nitrogens with zero attached hydrogens (tertiary/aromatic N) is 5. The predicted molar refractivity (Wildman–Crippen MR) is 120 cm³/mol. The first-order chi connectivity index (χ1) is 15.5. The van der Waals surface area contributed by atoms with Gasteiger partial charge in [0.2, 0.25) is 0 Å². The summed E-state index contributed by atoms with van der Waals surface area (Å²) in [6, 6.07) is 11.9. The van der Waals surface area contributed by atoms with Crippen LogP contribution in [0.4, 0.5) is 16.0 Å². The predicted octanol–water partition coefficient (Wildman–Crippen LogP) is 4.48. The van der Waals surface area contributed by atoms with Gasteiger partial charge in [0.25, 0.3) is 5.91 Å². The average Bonchev–Trinajstić information content (AvgIpc) is 3.38. The van der Waals surface area contributed by atoms with Crippen LogP contribution in [-0.4, -0.2) is 36.7 Å². The maximum atomic E-state index is 13.5. The normalized spacial score (nSPS) is 13.3. The minimum atomic E-state index is -0.305. The molecule has 1 aliphatic rings. The van der Waals surface area contributed by atoms with Gasteiger partial charge in [-0.1, -0.05) is 23.7 Å². The minimum absolute atomic E-state index is 0.0924. The molecule has 0 bridgehead atoms. The fourth-order valence-electron chi connectivity index (χ4n) is 3.88. The van der Waals surface area contributed by atoms with E-state index in [1.807, 2.05) is 42.1 Å². The summed E-state index contributed by atoms with van der Waals surface area (Å²) in [6.07, 6.45) is 5.22. The van der Waals surface area contributed by atoms with Gasteiger partial charge >= 0.3 is 0 Å². The van der Waals surface area contributed by atoms with E-state index in [-0.39, 0.29) is 11.7 Å². The molecule has 0 radical (unpaired) electrons. The van der Waals surface area contributed by atoms with Gasteiger partial charge in [-0.3, -0.25) is 9.48 Å². The van der Waals surface area contributed by atoms with Crippen LogP contribution in [0.2, 0.25) is 5.02 Å². The number of rotatable bonds is 5. The topological polar surface area (TPSA) is 68.0 Å². The minimum Gasteiger partial charge on any atom is -0.341 e. The first-order valence-corrected chi connectivity index (χ1v) is 10.5. The lowest BCUT2D eigenvalue weighted by Gasteiger charge is -2.28. The zero-order valence-electron chi connectivity index (χ0n) is 17.3. The number of benzene rings is 1. The average molecular weight is 451 g/mol. The Kier molecular flexibility index (Phi) is 5.14. The fraction of sp³-hybridized carbons (Fsp3) is 0.174. The second-order valence-corrected chi connectivity index (χ2v) is 8.09. The third-order valence-electron chi connectivity index (χ3n) is 5.52. The molecular weight excluding hydrogens is 431 g/mol. The number of hydrogen-bond donors (Lipinski definition) is 1. The van der Waals surface area contributed by atoms with E-state index in [1.165, 1.54) is 12.1 Å².